The fourth-order valence-electron chi connectivity index (χ4n) is 2.75. The standard InChI is InChI=1S/C12H21NO/c1-10-2-4-11(5-3-10)13-8-6-12(14)7-9-13/h10-11H,2-9H2,1H3. The second-order valence-corrected chi connectivity index (χ2v) is 4.99. The number of carbonyl (C=O) groups is 1. The van der Waals surface area contributed by atoms with Crippen molar-refractivity contribution in [2.75, 3.05) is 13.1 Å². The molecule has 2 rings (SSSR count). The highest BCUT2D eigenvalue weighted by Gasteiger charge is 2.26. The number of rotatable bonds is 1. The van der Waals surface area contributed by atoms with Gasteiger partial charge in [-0.2, -0.15) is 0 Å². The first-order valence-corrected chi connectivity index (χ1v) is 6.01. The van der Waals surface area contributed by atoms with E-state index in [-0.39, 0.29) is 0 Å². The van der Waals surface area contributed by atoms with Crippen molar-refractivity contribution in [2.45, 2.75) is 51.5 Å². The molecule has 0 spiro atoms. The summed E-state index contributed by atoms with van der Waals surface area (Å²) in [5, 5.41) is 0. The number of nitrogens with zero attached hydrogens (tertiary/aromatic N) is 1. The molecule has 0 unspecified atom stereocenters. The second kappa shape index (κ2) is 4.43. The molecule has 0 amide bonds. The van der Waals surface area contributed by atoms with E-state index < -0.39 is 0 Å². The van der Waals surface area contributed by atoms with E-state index in [1.54, 1.807) is 0 Å². The molecule has 1 heterocycles. The smallest absolute Gasteiger partial charge is 0.135 e. The quantitative estimate of drug-likeness (QED) is 0.639. The van der Waals surface area contributed by atoms with Gasteiger partial charge in [-0.25, -0.2) is 0 Å². The minimum absolute atomic E-state index is 0.463. The molecule has 1 aliphatic carbocycles. The lowest BCUT2D eigenvalue weighted by molar-refractivity contribution is -0.122. The maximum Gasteiger partial charge on any atom is 0.135 e. The molecule has 2 fully saturated rings. The van der Waals surface area contributed by atoms with Crippen LogP contribution in [0.5, 0.6) is 0 Å². The normalized spacial score (nSPS) is 35.9. The number of carbonyl (C=O) groups excluding carboxylic acids is 1. The van der Waals surface area contributed by atoms with E-state index in [0.717, 1.165) is 37.9 Å². The summed E-state index contributed by atoms with van der Waals surface area (Å²) in [5.41, 5.74) is 0. The molecule has 80 valence electrons. The van der Waals surface area contributed by atoms with Gasteiger partial charge < -0.3 is 0 Å². The van der Waals surface area contributed by atoms with Crippen LogP contribution in [0.4, 0.5) is 0 Å². The predicted molar refractivity (Wildman–Crippen MR) is 57.2 cm³/mol. The van der Waals surface area contributed by atoms with Crippen LogP contribution in [-0.2, 0) is 4.79 Å². The van der Waals surface area contributed by atoms with Crippen molar-refractivity contribution in [3.8, 4) is 0 Å². The molecule has 0 aromatic heterocycles. The number of hydrogen-bond acceptors (Lipinski definition) is 2. The average Bonchev–Trinajstić information content (AvgIpc) is 2.21. The van der Waals surface area contributed by atoms with E-state index in [0.29, 0.717) is 5.78 Å². The average molecular weight is 195 g/mol. The van der Waals surface area contributed by atoms with Crippen molar-refractivity contribution in [3.63, 3.8) is 0 Å². The minimum Gasteiger partial charge on any atom is -0.300 e. The third-order valence-corrected chi connectivity index (χ3v) is 3.86. The van der Waals surface area contributed by atoms with Crippen molar-refractivity contribution >= 4 is 5.78 Å². The molecule has 1 aliphatic heterocycles. The molecule has 0 N–H and O–H groups in total. The van der Waals surface area contributed by atoms with Crippen molar-refractivity contribution in [2.24, 2.45) is 5.92 Å². The lowest BCUT2D eigenvalue weighted by atomic mass is 9.86. The van der Waals surface area contributed by atoms with Gasteiger partial charge in [0, 0.05) is 32.0 Å². The molecule has 0 atom stereocenters. The molecule has 0 aromatic carbocycles. The van der Waals surface area contributed by atoms with Crippen molar-refractivity contribution in [3.05, 3.63) is 0 Å². The van der Waals surface area contributed by atoms with Crippen LogP contribution >= 0.6 is 0 Å². The Labute approximate surface area is 86.7 Å². The van der Waals surface area contributed by atoms with Crippen molar-refractivity contribution in [1.82, 2.24) is 4.90 Å². The Morgan fingerprint density at radius 3 is 2.21 bits per heavy atom. The third kappa shape index (κ3) is 2.35. The molecular formula is C12H21NO. The summed E-state index contributed by atoms with van der Waals surface area (Å²) in [6.07, 6.45) is 7.08. The van der Waals surface area contributed by atoms with Crippen LogP contribution in [0.25, 0.3) is 0 Å². The first-order chi connectivity index (χ1) is 6.75. The summed E-state index contributed by atoms with van der Waals surface area (Å²) in [6.45, 7) is 4.41. The summed E-state index contributed by atoms with van der Waals surface area (Å²) in [5.74, 6) is 1.39. The van der Waals surface area contributed by atoms with Crippen LogP contribution < -0.4 is 0 Å². The summed E-state index contributed by atoms with van der Waals surface area (Å²) in [4.78, 5) is 13.7. The summed E-state index contributed by atoms with van der Waals surface area (Å²) in [6, 6.07) is 0.791. The zero-order valence-electron chi connectivity index (χ0n) is 9.17. The van der Waals surface area contributed by atoms with E-state index in [4.69, 9.17) is 0 Å². The Kier molecular flexibility index (Phi) is 3.22. The van der Waals surface area contributed by atoms with Crippen LogP contribution in [0.3, 0.4) is 0 Å². The van der Waals surface area contributed by atoms with Gasteiger partial charge >= 0.3 is 0 Å². The molecule has 1 saturated heterocycles. The van der Waals surface area contributed by atoms with E-state index in [2.05, 4.69) is 11.8 Å². The number of ketones is 1. The first-order valence-electron chi connectivity index (χ1n) is 6.01. The Balaban J connectivity index is 1.81. The maximum atomic E-state index is 11.1. The lowest BCUT2D eigenvalue weighted by Gasteiger charge is -2.37. The number of piperidine rings is 1. The predicted octanol–water partition coefficient (Wildman–Crippen LogP) is 2.23. The zero-order valence-corrected chi connectivity index (χ0v) is 9.17. The SMILES string of the molecule is CC1CCC(N2CCC(=O)CC2)CC1. The van der Waals surface area contributed by atoms with Gasteiger partial charge in [-0.3, -0.25) is 9.69 Å². The van der Waals surface area contributed by atoms with Gasteiger partial charge in [-0.1, -0.05) is 6.92 Å². The van der Waals surface area contributed by atoms with Gasteiger partial charge in [0.25, 0.3) is 0 Å². The number of hydrogen-bond donors (Lipinski definition) is 0. The third-order valence-electron chi connectivity index (χ3n) is 3.86. The highest BCUT2D eigenvalue weighted by Crippen LogP contribution is 2.28. The van der Waals surface area contributed by atoms with Gasteiger partial charge in [-0.05, 0) is 31.6 Å². The highest BCUT2D eigenvalue weighted by atomic mass is 16.1. The lowest BCUT2D eigenvalue weighted by Crippen LogP contribution is -2.43. The topological polar surface area (TPSA) is 20.3 Å². The van der Waals surface area contributed by atoms with E-state index >= 15 is 0 Å². The van der Waals surface area contributed by atoms with Gasteiger partial charge in [0.1, 0.15) is 5.78 Å². The van der Waals surface area contributed by atoms with Gasteiger partial charge in [-0.15, -0.1) is 0 Å². The van der Waals surface area contributed by atoms with Crippen LogP contribution in [0.2, 0.25) is 0 Å². The molecule has 1 saturated carbocycles. The molecule has 2 nitrogen and oxygen atoms in total. The maximum absolute atomic E-state index is 11.1. The monoisotopic (exact) mass is 195 g/mol. The van der Waals surface area contributed by atoms with E-state index in [1.807, 2.05) is 0 Å². The Bertz CT molecular complexity index is 196. The van der Waals surface area contributed by atoms with Gasteiger partial charge in [0.15, 0.2) is 0 Å². The van der Waals surface area contributed by atoms with Crippen LogP contribution in [0.15, 0.2) is 0 Å². The van der Waals surface area contributed by atoms with Crippen LogP contribution in [0.1, 0.15) is 45.4 Å². The highest BCUT2D eigenvalue weighted by molar-refractivity contribution is 5.79. The van der Waals surface area contributed by atoms with Crippen molar-refractivity contribution in [1.29, 1.82) is 0 Å². The van der Waals surface area contributed by atoms with Crippen molar-refractivity contribution < 1.29 is 4.79 Å². The number of likely N-dealkylation sites (tertiary alicyclic amines) is 1. The molecule has 0 radical (unpaired) electrons. The van der Waals surface area contributed by atoms with Gasteiger partial charge in [0.2, 0.25) is 0 Å². The number of Topliss-reactive ketones (excluding diaryl/α,β-unsaturated/α-hetero) is 1. The largest absolute Gasteiger partial charge is 0.300 e. The molecule has 0 bridgehead atoms. The molecular weight excluding hydrogens is 174 g/mol. The Morgan fingerprint density at radius 2 is 1.64 bits per heavy atom. The Morgan fingerprint density at radius 1 is 1.07 bits per heavy atom. The Hall–Kier alpha value is -0.370. The second-order valence-electron chi connectivity index (χ2n) is 4.99. The minimum atomic E-state index is 0.463. The summed E-state index contributed by atoms with van der Waals surface area (Å²) in [7, 11) is 0. The summed E-state index contributed by atoms with van der Waals surface area (Å²) >= 11 is 0. The molecule has 14 heavy (non-hydrogen) atoms. The van der Waals surface area contributed by atoms with Crippen LogP contribution in [-0.4, -0.2) is 29.8 Å². The first kappa shape index (κ1) is 10.2. The summed E-state index contributed by atoms with van der Waals surface area (Å²) < 4.78 is 0. The fourth-order valence-corrected chi connectivity index (χ4v) is 2.75. The van der Waals surface area contributed by atoms with E-state index in [1.165, 1.54) is 25.7 Å². The molecule has 0 aromatic rings. The zero-order chi connectivity index (χ0) is 9.97. The fraction of sp³-hybridized carbons (Fsp3) is 0.917. The molecule has 2 heteroatoms. The van der Waals surface area contributed by atoms with E-state index in [9.17, 15) is 4.79 Å². The van der Waals surface area contributed by atoms with Gasteiger partial charge in [0.05, 0.1) is 0 Å². The molecule has 2 aliphatic rings. The van der Waals surface area contributed by atoms with Crippen LogP contribution in [0, 0.1) is 5.92 Å².